The molecule has 0 amide bonds. The van der Waals surface area contributed by atoms with Gasteiger partial charge in [-0.2, -0.15) is 0 Å². The summed E-state index contributed by atoms with van der Waals surface area (Å²) in [6, 6.07) is 20.5. The van der Waals surface area contributed by atoms with E-state index in [-0.39, 0.29) is 0 Å². The van der Waals surface area contributed by atoms with Crippen molar-refractivity contribution in [1.29, 1.82) is 0 Å². The summed E-state index contributed by atoms with van der Waals surface area (Å²) in [4.78, 5) is 6.29. The van der Waals surface area contributed by atoms with Crippen molar-refractivity contribution >= 4 is 22.7 Å². The molecule has 0 bridgehead atoms. The predicted molar refractivity (Wildman–Crippen MR) is 302 cm³/mol. The average molecular weight is 936 g/mol. The van der Waals surface area contributed by atoms with E-state index in [0.717, 1.165) is 23.7 Å². The van der Waals surface area contributed by atoms with Crippen LogP contribution in [0.25, 0.3) is 30.6 Å². The predicted octanol–water partition coefficient (Wildman–Crippen LogP) is 22.1. The largest absolute Gasteiger partial charge is 0.134 e. The fraction of sp³-hybridized carbons (Fsp3) is 0.688. The first-order chi connectivity index (χ1) is 32.3. The van der Waals surface area contributed by atoms with E-state index in [4.69, 9.17) is 0 Å². The molecule has 370 valence electrons. The van der Waals surface area contributed by atoms with E-state index in [1.54, 1.807) is 54.3 Å². The Bertz CT molecular complexity index is 1660. The lowest BCUT2D eigenvalue weighted by Gasteiger charge is -2.22. The Hall–Kier alpha value is -2.16. The molecule has 2 aromatic carbocycles. The summed E-state index contributed by atoms with van der Waals surface area (Å²) >= 11 is 4.36. The molecule has 0 aliphatic heterocycles. The summed E-state index contributed by atoms with van der Waals surface area (Å²) in [7, 11) is 0. The normalized spacial score (nSPS) is 13.7. The molecule has 4 aromatic rings. The van der Waals surface area contributed by atoms with Gasteiger partial charge in [0.15, 0.2) is 0 Å². The Morgan fingerprint density at radius 1 is 0.333 bits per heavy atom. The van der Waals surface area contributed by atoms with Gasteiger partial charge in [-0.15, -0.1) is 22.7 Å². The van der Waals surface area contributed by atoms with E-state index in [1.165, 1.54) is 202 Å². The van der Waals surface area contributed by atoms with Crippen molar-refractivity contribution in [1.82, 2.24) is 0 Å². The average Bonchev–Trinajstić information content (AvgIpc) is 3.96. The van der Waals surface area contributed by atoms with Crippen LogP contribution in [0.3, 0.4) is 0 Å². The highest BCUT2D eigenvalue weighted by molar-refractivity contribution is 7.25. The molecule has 4 rings (SSSR count). The van der Waals surface area contributed by atoms with E-state index < -0.39 is 0 Å². The SMILES string of the molecule is CCCCCCc1cc(-c2cc(CCCCCC)c(-c3c(CC(CC)CCCC)cccc3CC(CC)CCCC)s2)sc1-c1c(CC(CC)CCCC)cccc1CC(CC)CCCC. The second kappa shape index (κ2) is 32.6. The molecule has 0 radical (unpaired) electrons. The van der Waals surface area contributed by atoms with Crippen LogP contribution in [0, 0.1) is 23.7 Å². The lowest BCUT2D eigenvalue weighted by atomic mass is 9.83. The third-order valence-corrected chi connectivity index (χ3v) is 18.2. The van der Waals surface area contributed by atoms with Crippen LogP contribution < -0.4 is 0 Å². The first kappa shape index (κ1) is 56.4. The summed E-state index contributed by atoms with van der Waals surface area (Å²) in [5, 5.41) is 0. The monoisotopic (exact) mass is 935 g/mol. The van der Waals surface area contributed by atoms with Crippen molar-refractivity contribution in [3.05, 3.63) is 81.9 Å². The molecule has 2 heterocycles. The lowest BCUT2D eigenvalue weighted by molar-refractivity contribution is 0.445. The number of aryl methyl sites for hydroxylation is 2. The first-order valence-corrected chi connectivity index (χ1v) is 30.4. The van der Waals surface area contributed by atoms with Crippen LogP contribution >= 0.6 is 22.7 Å². The minimum Gasteiger partial charge on any atom is -0.134 e. The molecule has 0 spiro atoms. The van der Waals surface area contributed by atoms with Crippen LogP contribution in [0.2, 0.25) is 0 Å². The van der Waals surface area contributed by atoms with Crippen LogP contribution in [0.15, 0.2) is 48.5 Å². The van der Waals surface area contributed by atoms with Crippen molar-refractivity contribution in [2.45, 2.75) is 262 Å². The van der Waals surface area contributed by atoms with Crippen LogP contribution in [-0.2, 0) is 38.5 Å². The maximum absolute atomic E-state index is 2.72. The lowest BCUT2D eigenvalue weighted by Crippen LogP contribution is -2.09. The van der Waals surface area contributed by atoms with E-state index in [9.17, 15) is 0 Å². The molecular weight excluding hydrogens is 833 g/mol. The van der Waals surface area contributed by atoms with Gasteiger partial charge in [0.1, 0.15) is 0 Å². The molecule has 66 heavy (non-hydrogen) atoms. The van der Waals surface area contributed by atoms with Gasteiger partial charge in [0, 0.05) is 19.5 Å². The highest BCUT2D eigenvalue weighted by Gasteiger charge is 2.26. The van der Waals surface area contributed by atoms with Crippen LogP contribution in [0.4, 0.5) is 0 Å². The molecule has 0 aliphatic rings. The van der Waals surface area contributed by atoms with E-state index >= 15 is 0 Å². The zero-order chi connectivity index (χ0) is 47.5. The highest BCUT2D eigenvalue weighted by Crippen LogP contribution is 2.49. The zero-order valence-corrected chi connectivity index (χ0v) is 46.6. The molecule has 0 fully saturated rings. The quantitative estimate of drug-likeness (QED) is 0.0395. The number of thiophene rings is 2. The molecule has 0 saturated heterocycles. The van der Waals surface area contributed by atoms with Gasteiger partial charge in [-0.25, -0.2) is 0 Å². The Labute approximate surface area is 418 Å². The Kier molecular flexibility index (Phi) is 27.9. The number of benzene rings is 2. The summed E-state index contributed by atoms with van der Waals surface area (Å²) in [6.07, 6.45) is 38.8. The first-order valence-electron chi connectivity index (χ1n) is 28.8. The Balaban J connectivity index is 2.00. The van der Waals surface area contributed by atoms with Crippen LogP contribution in [0.1, 0.15) is 257 Å². The zero-order valence-electron chi connectivity index (χ0n) is 45.0. The molecule has 4 atom stereocenters. The van der Waals surface area contributed by atoms with Gasteiger partial charge in [0.25, 0.3) is 0 Å². The van der Waals surface area contributed by atoms with Crippen molar-refractivity contribution in [3.63, 3.8) is 0 Å². The second-order valence-electron chi connectivity index (χ2n) is 20.9. The number of rotatable bonds is 37. The fourth-order valence-electron chi connectivity index (χ4n) is 11.0. The van der Waals surface area contributed by atoms with E-state index in [1.807, 2.05) is 0 Å². The maximum atomic E-state index is 2.72. The summed E-state index contributed by atoms with van der Waals surface area (Å²) in [5.74, 6) is 3.01. The van der Waals surface area contributed by atoms with Gasteiger partial charge in [-0.3, -0.25) is 0 Å². The van der Waals surface area contributed by atoms with Gasteiger partial charge in [0.2, 0.25) is 0 Å². The summed E-state index contributed by atoms with van der Waals surface area (Å²) in [5.41, 5.74) is 13.1. The Morgan fingerprint density at radius 3 is 0.879 bits per heavy atom. The van der Waals surface area contributed by atoms with Crippen molar-refractivity contribution in [2.75, 3.05) is 0 Å². The smallest absolute Gasteiger partial charge is 0.0452 e. The maximum Gasteiger partial charge on any atom is 0.0452 e. The summed E-state index contributed by atoms with van der Waals surface area (Å²) < 4.78 is 0. The topological polar surface area (TPSA) is 0 Å². The molecule has 2 aromatic heterocycles. The molecule has 0 nitrogen and oxygen atoms in total. The fourth-order valence-corrected chi connectivity index (χ4v) is 13.7. The van der Waals surface area contributed by atoms with Crippen LogP contribution in [-0.4, -0.2) is 0 Å². The number of unbranched alkanes of at least 4 members (excludes halogenated alkanes) is 10. The molecule has 2 heteroatoms. The Morgan fingerprint density at radius 2 is 0.621 bits per heavy atom. The van der Waals surface area contributed by atoms with Crippen molar-refractivity contribution in [2.24, 2.45) is 23.7 Å². The minimum absolute atomic E-state index is 0.751. The summed E-state index contributed by atoms with van der Waals surface area (Å²) in [6.45, 7) is 24.0. The van der Waals surface area contributed by atoms with Gasteiger partial charge in [-0.05, 0) is 132 Å². The van der Waals surface area contributed by atoms with E-state index in [2.05, 4.69) is 140 Å². The molecule has 0 saturated carbocycles. The third kappa shape index (κ3) is 17.7. The number of hydrogen-bond acceptors (Lipinski definition) is 2. The molecular formula is C64H102S2. The van der Waals surface area contributed by atoms with Gasteiger partial charge >= 0.3 is 0 Å². The molecule has 4 unspecified atom stereocenters. The minimum atomic E-state index is 0.751. The van der Waals surface area contributed by atoms with Crippen LogP contribution in [0.5, 0.6) is 0 Å². The number of hydrogen-bond donors (Lipinski definition) is 0. The van der Waals surface area contributed by atoms with Crippen molar-refractivity contribution in [3.8, 4) is 30.6 Å². The van der Waals surface area contributed by atoms with Gasteiger partial charge in [-0.1, -0.05) is 247 Å². The van der Waals surface area contributed by atoms with Gasteiger partial charge in [0.05, 0.1) is 0 Å². The standard InChI is InChI=1S/C64H102S2/c1-11-21-27-29-37-57-47-59(65-63(57)61-53(43-49(17-7)33-23-13-3)39-31-40-54(61)44-50(18-8)34-24-14-4)60-48-58(38-30-28-22-12-2)64(66-60)62-55(45-51(19-9)35-25-15-5)41-32-42-56(62)46-52(20-10)36-26-16-6/h31-32,39-42,47-52H,11-30,33-38,43-46H2,1-10H3. The van der Waals surface area contributed by atoms with Crippen molar-refractivity contribution < 1.29 is 0 Å². The molecule has 0 aliphatic carbocycles. The van der Waals surface area contributed by atoms with E-state index in [0.29, 0.717) is 0 Å². The molecule has 0 N–H and O–H groups in total. The second-order valence-corrected chi connectivity index (χ2v) is 23.0. The highest BCUT2D eigenvalue weighted by atomic mass is 32.1. The van der Waals surface area contributed by atoms with Gasteiger partial charge < -0.3 is 0 Å². The third-order valence-electron chi connectivity index (χ3n) is 15.6.